The SMILES string of the molecule is CCN(CC)N(c1ccccc1)c1ccc(Cl)cc1NS(=O)(=O)NC(C)(C)C. The van der Waals surface area contributed by atoms with Crippen LogP contribution in [0.1, 0.15) is 34.6 Å². The first-order chi connectivity index (χ1) is 13.1. The monoisotopic (exact) mass is 424 g/mol. The van der Waals surface area contributed by atoms with Crippen molar-refractivity contribution < 1.29 is 8.42 Å². The van der Waals surface area contributed by atoms with E-state index in [1.54, 1.807) is 32.9 Å². The van der Waals surface area contributed by atoms with Gasteiger partial charge in [0.05, 0.1) is 17.1 Å². The van der Waals surface area contributed by atoms with E-state index >= 15 is 0 Å². The first-order valence-corrected chi connectivity index (χ1v) is 11.1. The Kier molecular flexibility index (Phi) is 7.33. The molecule has 28 heavy (non-hydrogen) atoms. The zero-order valence-electron chi connectivity index (χ0n) is 17.0. The van der Waals surface area contributed by atoms with Gasteiger partial charge in [-0.1, -0.05) is 43.6 Å². The summed E-state index contributed by atoms with van der Waals surface area (Å²) in [7, 11) is -3.79. The molecule has 0 unspecified atom stereocenters. The van der Waals surface area contributed by atoms with E-state index in [1.807, 2.05) is 41.4 Å². The molecule has 0 aliphatic heterocycles. The number of rotatable bonds is 8. The van der Waals surface area contributed by atoms with E-state index in [0.717, 1.165) is 18.8 Å². The molecule has 2 rings (SSSR count). The van der Waals surface area contributed by atoms with Gasteiger partial charge in [-0.25, -0.2) is 5.01 Å². The van der Waals surface area contributed by atoms with Gasteiger partial charge < -0.3 is 0 Å². The highest BCUT2D eigenvalue weighted by Crippen LogP contribution is 2.36. The molecule has 0 amide bonds. The van der Waals surface area contributed by atoms with Crippen LogP contribution in [0, 0.1) is 0 Å². The number of anilines is 3. The molecule has 0 heterocycles. The molecule has 6 nitrogen and oxygen atoms in total. The van der Waals surface area contributed by atoms with Gasteiger partial charge in [0.25, 0.3) is 10.2 Å². The van der Waals surface area contributed by atoms with Gasteiger partial charge in [0.2, 0.25) is 0 Å². The summed E-state index contributed by atoms with van der Waals surface area (Å²) in [5.41, 5.74) is 1.42. The fraction of sp³-hybridized carbons (Fsp3) is 0.400. The van der Waals surface area contributed by atoms with Crippen molar-refractivity contribution in [2.75, 3.05) is 22.8 Å². The molecule has 8 heteroatoms. The van der Waals surface area contributed by atoms with Gasteiger partial charge in [0.1, 0.15) is 0 Å². The summed E-state index contributed by atoms with van der Waals surface area (Å²) in [5.74, 6) is 0. The standard InChI is InChI=1S/C20H29ClN4O2S/c1-6-24(7-2)25(17-11-9-8-10-12-17)19-14-13-16(21)15-18(19)22-28(26,27)23-20(3,4)5/h8-15,22-23H,6-7H2,1-5H3. The maximum atomic E-state index is 12.6. The van der Waals surface area contributed by atoms with Crippen LogP contribution in [-0.4, -0.2) is 32.1 Å². The van der Waals surface area contributed by atoms with Crippen molar-refractivity contribution in [3.05, 3.63) is 53.6 Å². The lowest BCUT2D eigenvalue weighted by Gasteiger charge is -2.36. The highest BCUT2D eigenvalue weighted by molar-refractivity contribution is 7.90. The fourth-order valence-electron chi connectivity index (χ4n) is 2.88. The normalized spacial score (nSPS) is 12.2. The van der Waals surface area contributed by atoms with Crippen LogP contribution in [0.25, 0.3) is 0 Å². The summed E-state index contributed by atoms with van der Waals surface area (Å²) in [6, 6.07) is 15.0. The molecular formula is C20H29ClN4O2S. The second kappa shape index (κ2) is 9.13. The Hall–Kier alpha value is -1.80. The first-order valence-electron chi connectivity index (χ1n) is 9.27. The van der Waals surface area contributed by atoms with Crippen molar-refractivity contribution in [1.82, 2.24) is 9.73 Å². The zero-order chi connectivity index (χ0) is 20.9. The van der Waals surface area contributed by atoms with Crippen LogP contribution in [0.2, 0.25) is 5.02 Å². The molecule has 2 aromatic rings. The molecule has 0 saturated heterocycles. The van der Waals surface area contributed by atoms with Gasteiger partial charge >= 0.3 is 0 Å². The van der Waals surface area contributed by atoms with Gasteiger partial charge in [-0.3, -0.25) is 9.73 Å². The number of nitrogens with zero attached hydrogens (tertiary/aromatic N) is 2. The Morgan fingerprint density at radius 1 is 1.00 bits per heavy atom. The third-order valence-corrected chi connectivity index (χ3v) is 5.49. The van der Waals surface area contributed by atoms with E-state index in [1.165, 1.54) is 0 Å². The fourth-order valence-corrected chi connectivity index (χ4v) is 4.36. The largest absolute Gasteiger partial charge is 0.299 e. The van der Waals surface area contributed by atoms with Crippen molar-refractivity contribution in [2.24, 2.45) is 0 Å². The minimum atomic E-state index is -3.79. The number of hydrogen-bond acceptors (Lipinski definition) is 4. The van der Waals surface area contributed by atoms with Crippen molar-refractivity contribution >= 4 is 38.9 Å². The van der Waals surface area contributed by atoms with E-state index in [4.69, 9.17) is 11.6 Å². The smallest absolute Gasteiger partial charge is 0.272 e. The zero-order valence-corrected chi connectivity index (χ0v) is 18.6. The average Bonchev–Trinajstić information content (AvgIpc) is 2.59. The van der Waals surface area contributed by atoms with Crippen LogP contribution in [-0.2, 0) is 10.2 Å². The molecule has 0 aromatic heterocycles. The van der Waals surface area contributed by atoms with Gasteiger partial charge in [-0.15, -0.1) is 0 Å². The van der Waals surface area contributed by atoms with E-state index < -0.39 is 15.7 Å². The van der Waals surface area contributed by atoms with Crippen LogP contribution in [0.3, 0.4) is 0 Å². The van der Waals surface area contributed by atoms with Crippen LogP contribution < -0.4 is 14.5 Å². The number of para-hydroxylation sites is 1. The number of hydrazine groups is 1. The number of hydrogen-bond donors (Lipinski definition) is 2. The molecule has 2 aromatic carbocycles. The predicted octanol–water partition coefficient (Wildman–Crippen LogP) is 4.78. The van der Waals surface area contributed by atoms with E-state index in [0.29, 0.717) is 16.4 Å². The lowest BCUT2D eigenvalue weighted by molar-refractivity contribution is 0.309. The molecule has 0 fully saturated rings. The van der Waals surface area contributed by atoms with E-state index in [9.17, 15) is 8.42 Å². The maximum absolute atomic E-state index is 12.6. The molecule has 0 atom stereocenters. The Labute approximate surface area is 173 Å². The second-order valence-corrected chi connectivity index (χ2v) is 9.26. The minimum absolute atomic E-state index is 0.403. The summed E-state index contributed by atoms with van der Waals surface area (Å²) >= 11 is 6.19. The summed E-state index contributed by atoms with van der Waals surface area (Å²) in [6.45, 7) is 11.0. The molecule has 0 aliphatic rings. The Morgan fingerprint density at radius 3 is 2.14 bits per heavy atom. The molecule has 0 spiro atoms. The summed E-state index contributed by atoms with van der Waals surface area (Å²) in [4.78, 5) is 0. The van der Waals surface area contributed by atoms with Crippen molar-refractivity contribution in [1.29, 1.82) is 0 Å². The lowest BCUT2D eigenvalue weighted by Crippen LogP contribution is -2.44. The van der Waals surface area contributed by atoms with Gasteiger partial charge in [0, 0.05) is 23.7 Å². The van der Waals surface area contributed by atoms with Crippen LogP contribution in [0.4, 0.5) is 17.1 Å². The van der Waals surface area contributed by atoms with Crippen molar-refractivity contribution in [3.8, 4) is 0 Å². The van der Waals surface area contributed by atoms with Gasteiger partial charge in [-0.2, -0.15) is 13.1 Å². The molecular weight excluding hydrogens is 396 g/mol. The maximum Gasteiger partial charge on any atom is 0.299 e. The minimum Gasteiger partial charge on any atom is -0.272 e. The summed E-state index contributed by atoms with van der Waals surface area (Å²) in [6.07, 6.45) is 0. The predicted molar refractivity (Wildman–Crippen MR) is 118 cm³/mol. The van der Waals surface area contributed by atoms with Crippen molar-refractivity contribution in [3.63, 3.8) is 0 Å². The Bertz CT molecular complexity index is 879. The lowest BCUT2D eigenvalue weighted by atomic mass is 10.1. The molecule has 2 N–H and O–H groups in total. The third kappa shape index (κ3) is 6.10. The first kappa shape index (κ1) is 22.5. The molecule has 0 bridgehead atoms. The number of nitrogens with one attached hydrogen (secondary N) is 2. The Balaban J connectivity index is 2.56. The topological polar surface area (TPSA) is 64.7 Å². The van der Waals surface area contributed by atoms with E-state index in [2.05, 4.69) is 28.3 Å². The molecule has 0 radical (unpaired) electrons. The number of benzene rings is 2. The second-order valence-electron chi connectivity index (χ2n) is 7.41. The molecule has 0 saturated carbocycles. The molecule has 154 valence electrons. The van der Waals surface area contributed by atoms with Crippen LogP contribution in [0.5, 0.6) is 0 Å². The quantitative estimate of drug-likeness (QED) is 0.598. The van der Waals surface area contributed by atoms with Gasteiger partial charge in [0.15, 0.2) is 0 Å². The highest BCUT2D eigenvalue weighted by Gasteiger charge is 2.24. The van der Waals surface area contributed by atoms with Gasteiger partial charge in [-0.05, 0) is 51.1 Å². The average molecular weight is 425 g/mol. The molecule has 0 aliphatic carbocycles. The van der Waals surface area contributed by atoms with Crippen molar-refractivity contribution in [2.45, 2.75) is 40.2 Å². The number of halogens is 1. The van der Waals surface area contributed by atoms with Crippen LogP contribution in [0.15, 0.2) is 48.5 Å². The third-order valence-electron chi connectivity index (χ3n) is 3.89. The summed E-state index contributed by atoms with van der Waals surface area (Å²) in [5, 5.41) is 4.57. The van der Waals surface area contributed by atoms with Crippen LogP contribution >= 0.6 is 11.6 Å². The Morgan fingerprint density at radius 2 is 1.61 bits per heavy atom. The summed E-state index contributed by atoms with van der Waals surface area (Å²) < 4.78 is 30.6. The highest BCUT2D eigenvalue weighted by atomic mass is 35.5. The van der Waals surface area contributed by atoms with E-state index in [-0.39, 0.29) is 0 Å².